The summed E-state index contributed by atoms with van der Waals surface area (Å²) in [5, 5.41) is 13.6. The van der Waals surface area contributed by atoms with Gasteiger partial charge in [0.05, 0.1) is 5.69 Å². The lowest BCUT2D eigenvalue weighted by atomic mass is 9.84. The second kappa shape index (κ2) is 4.30. The smallest absolute Gasteiger partial charge is 0.341 e. The minimum Gasteiger partial charge on any atom is -0.477 e. The molecule has 1 aliphatic heterocycles. The molecule has 0 saturated carbocycles. The van der Waals surface area contributed by atoms with Gasteiger partial charge < -0.3 is 10.0 Å². The van der Waals surface area contributed by atoms with Gasteiger partial charge in [-0.3, -0.25) is 4.68 Å². The van der Waals surface area contributed by atoms with E-state index in [1.165, 1.54) is 6.42 Å². The molecule has 0 bridgehead atoms. The zero-order chi connectivity index (χ0) is 13.5. The standard InChI is InChI=1S/C13H21N3O2/c1-9-10(12(17)18)11(15(4)14-9)16-7-5-6-13(2,3)8-16/h5-8H2,1-4H3,(H,17,18). The Kier molecular flexibility index (Phi) is 3.09. The van der Waals surface area contributed by atoms with Gasteiger partial charge >= 0.3 is 5.97 Å². The Morgan fingerprint density at radius 3 is 2.67 bits per heavy atom. The molecule has 0 aliphatic carbocycles. The van der Waals surface area contributed by atoms with Crippen LogP contribution in [0.5, 0.6) is 0 Å². The zero-order valence-electron chi connectivity index (χ0n) is 11.5. The van der Waals surface area contributed by atoms with Crippen molar-refractivity contribution in [1.82, 2.24) is 9.78 Å². The SMILES string of the molecule is Cc1nn(C)c(N2CCCC(C)(C)C2)c1C(=O)O. The van der Waals surface area contributed by atoms with Crippen LogP contribution in [0.2, 0.25) is 0 Å². The van der Waals surface area contributed by atoms with E-state index in [0.717, 1.165) is 25.3 Å². The summed E-state index contributed by atoms with van der Waals surface area (Å²) in [6.45, 7) is 7.99. The monoisotopic (exact) mass is 251 g/mol. The van der Waals surface area contributed by atoms with Crippen LogP contribution in [-0.4, -0.2) is 33.9 Å². The number of aryl methyl sites for hydroxylation is 2. The molecule has 0 radical (unpaired) electrons. The maximum absolute atomic E-state index is 11.4. The van der Waals surface area contributed by atoms with Crippen LogP contribution in [0, 0.1) is 12.3 Å². The molecule has 0 unspecified atom stereocenters. The average Bonchev–Trinajstić information content (AvgIpc) is 2.51. The van der Waals surface area contributed by atoms with Crippen LogP contribution in [0.1, 0.15) is 42.7 Å². The van der Waals surface area contributed by atoms with Gasteiger partial charge in [-0.2, -0.15) is 5.10 Å². The highest BCUT2D eigenvalue weighted by Gasteiger charge is 2.31. The molecule has 0 spiro atoms. The molecule has 5 heteroatoms. The molecule has 1 aliphatic rings. The van der Waals surface area contributed by atoms with Crippen LogP contribution < -0.4 is 4.90 Å². The normalized spacial score (nSPS) is 19.0. The fourth-order valence-electron chi connectivity index (χ4n) is 2.86. The summed E-state index contributed by atoms with van der Waals surface area (Å²) in [6.07, 6.45) is 2.28. The van der Waals surface area contributed by atoms with E-state index in [9.17, 15) is 9.90 Å². The number of hydrogen-bond donors (Lipinski definition) is 1. The Labute approximate surface area is 107 Å². The molecule has 5 nitrogen and oxygen atoms in total. The Balaban J connectivity index is 2.41. The van der Waals surface area contributed by atoms with E-state index in [0.29, 0.717) is 11.3 Å². The van der Waals surface area contributed by atoms with E-state index in [4.69, 9.17) is 0 Å². The van der Waals surface area contributed by atoms with Crippen molar-refractivity contribution >= 4 is 11.8 Å². The van der Waals surface area contributed by atoms with Gasteiger partial charge in [0.2, 0.25) is 0 Å². The Hall–Kier alpha value is -1.52. The molecule has 0 aromatic carbocycles. The lowest BCUT2D eigenvalue weighted by Crippen LogP contribution is -2.41. The van der Waals surface area contributed by atoms with Crippen LogP contribution in [0.4, 0.5) is 5.82 Å². The van der Waals surface area contributed by atoms with Crippen LogP contribution in [0.15, 0.2) is 0 Å². The third kappa shape index (κ3) is 2.21. The number of anilines is 1. The second-order valence-corrected chi connectivity index (χ2v) is 5.90. The van der Waals surface area contributed by atoms with E-state index >= 15 is 0 Å². The third-order valence-corrected chi connectivity index (χ3v) is 3.61. The minimum atomic E-state index is -0.890. The number of carboxylic acid groups (broad SMARTS) is 1. The fraction of sp³-hybridized carbons (Fsp3) is 0.692. The van der Waals surface area contributed by atoms with Crippen LogP contribution in [0.25, 0.3) is 0 Å². The zero-order valence-corrected chi connectivity index (χ0v) is 11.5. The van der Waals surface area contributed by atoms with Gasteiger partial charge in [-0.15, -0.1) is 0 Å². The van der Waals surface area contributed by atoms with Crippen LogP contribution >= 0.6 is 0 Å². The number of nitrogens with zero attached hydrogens (tertiary/aromatic N) is 3. The predicted molar refractivity (Wildman–Crippen MR) is 70.1 cm³/mol. The van der Waals surface area contributed by atoms with E-state index < -0.39 is 5.97 Å². The minimum absolute atomic E-state index is 0.228. The summed E-state index contributed by atoms with van der Waals surface area (Å²) in [5.74, 6) is -0.147. The first-order chi connectivity index (χ1) is 8.32. The number of carbonyl (C=O) groups is 1. The molecule has 100 valence electrons. The van der Waals surface area contributed by atoms with Crippen molar-refractivity contribution in [2.24, 2.45) is 12.5 Å². The first-order valence-electron chi connectivity index (χ1n) is 6.34. The van der Waals surface area contributed by atoms with Crippen molar-refractivity contribution in [2.45, 2.75) is 33.6 Å². The van der Waals surface area contributed by atoms with E-state index in [-0.39, 0.29) is 5.41 Å². The van der Waals surface area contributed by atoms with Gasteiger partial charge in [-0.25, -0.2) is 4.79 Å². The molecule has 2 rings (SSSR count). The van der Waals surface area contributed by atoms with Gasteiger partial charge in [0, 0.05) is 20.1 Å². The van der Waals surface area contributed by atoms with Gasteiger partial charge in [0.25, 0.3) is 0 Å². The lowest BCUT2D eigenvalue weighted by molar-refractivity contribution is 0.0696. The number of aromatic nitrogens is 2. The first-order valence-corrected chi connectivity index (χ1v) is 6.34. The molecule has 1 N–H and O–H groups in total. The summed E-state index contributed by atoms with van der Waals surface area (Å²) in [4.78, 5) is 13.5. The number of carboxylic acids is 1. The molecule has 0 amide bonds. The maximum atomic E-state index is 11.4. The summed E-state index contributed by atoms with van der Waals surface area (Å²) in [7, 11) is 1.82. The lowest BCUT2D eigenvalue weighted by Gasteiger charge is -2.39. The summed E-state index contributed by atoms with van der Waals surface area (Å²) in [6, 6.07) is 0. The molecule has 0 atom stereocenters. The second-order valence-electron chi connectivity index (χ2n) is 5.90. The largest absolute Gasteiger partial charge is 0.477 e. The first kappa shape index (κ1) is 12.9. The highest BCUT2D eigenvalue weighted by Crippen LogP contribution is 2.33. The quantitative estimate of drug-likeness (QED) is 0.874. The van der Waals surface area contributed by atoms with E-state index in [1.54, 1.807) is 11.6 Å². The number of hydrogen-bond acceptors (Lipinski definition) is 3. The van der Waals surface area contributed by atoms with Gasteiger partial charge in [-0.1, -0.05) is 13.8 Å². The third-order valence-electron chi connectivity index (χ3n) is 3.61. The average molecular weight is 251 g/mol. The van der Waals surface area contributed by atoms with Crippen molar-refractivity contribution in [3.63, 3.8) is 0 Å². The highest BCUT2D eigenvalue weighted by atomic mass is 16.4. The number of piperidine rings is 1. The molecule has 1 aromatic rings. The molecule has 2 heterocycles. The maximum Gasteiger partial charge on any atom is 0.341 e. The molecule has 1 saturated heterocycles. The molecular formula is C13H21N3O2. The fourth-order valence-corrected chi connectivity index (χ4v) is 2.86. The van der Waals surface area contributed by atoms with Gasteiger partial charge in [0.1, 0.15) is 11.4 Å². The Bertz CT molecular complexity index is 477. The molecular weight excluding hydrogens is 230 g/mol. The van der Waals surface area contributed by atoms with Crippen molar-refractivity contribution in [3.05, 3.63) is 11.3 Å². The molecule has 1 aromatic heterocycles. The Morgan fingerprint density at radius 2 is 2.11 bits per heavy atom. The number of rotatable bonds is 2. The van der Waals surface area contributed by atoms with E-state index in [1.807, 2.05) is 7.05 Å². The highest BCUT2D eigenvalue weighted by molar-refractivity contribution is 5.94. The topological polar surface area (TPSA) is 58.4 Å². The van der Waals surface area contributed by atoms with Crippen LogP contribution in [-0.2, 0) is 7.05 Å². The van der Waals surface area contributed by atoms with Crippen molar-refractivity contribution in [2.75, 3.05) is 18.0 Å². The van der Waals surface area contributed by atoms with Crippen molar-refractivity contribution < 1.29 is 9.90 Å². The molecule has 18 heavy (non-hydrogen) atoms. The predicted octanol–water partition coefficient (Wildman–Crippen LogP) is 2.05. The van der Waals surface area contributed by atoms with Gasteiger partial charge in [-0.05, 0) is 25.2 Å². The van der Waals surface area contributed by atoms with Crippen LogP contribution in [0.3, 0.4) is 0 Å². The summed E-state index contributed by atoms with van der Waals surface area (Å²) < 4.78 is 1.69. The Morgan fingerprint density at radius 1 is 1.44 bits per heavy atom. The summed E-state index contributed by atoms with van der Waals surface area (Å²) >= 11 is 0. The summed E-state index contributed by atoms with van der Waals surface area (Å²) in [5.41, 5.74) is 1.16. The van der Waals surface area contributed by atoms with Crippen molar-refractivity contribution in [1.29, 1.82) is 0 Å². The molecule has 1 fully saturated rings. The van der Waals surface area contributed by atoms with E-state index in [2.05, 4.69) is 23.8 Å². The van der Waals surface area contributed by atoms with Crippen molar-refractivity contribution in [3.8, 4) is 0 Å². The number of aromatic carboxylic acids is 1. The van der Waals surface area contributed by atoms with Gasteiger partial charge in [0.15, 0.2) is 0 Å².